The lowest BCUT2D eigenvalue weighted by Gasteiger charge is -2.00. The third kappa shape index (κ3) is 16.5. The van der Waals surface area contributed by atoms with Crippen LogP contribution in [-0.2, 0) is 9.53 Å². The van der Waals surface area contributed by atoms with Gasteiger partial charge >= 0.3 is 5.97 Å². The van der Waals surface area contributed by atoms with E-state index in [0.29, 0.717) is 6.42 Å². The van der Waals surface area contributed by atoms with Gasteiger partial charge in [-0.15, -0.1) is 0 Å². The van der Waals surface area contributed by atoms with Gasteiger partial charge in [0.2, 0.25) is 0 Å². The van der Waals surface area contributed by atoms with Crippen molar-refractivity contribution < 1.29 is 9.53 Å². The summed E-state index contributed by atoms with van der Waals surface area (Å²) in [6, 6.07) is 0. The van der Waals surface area contributed by atoms with Crippen LogP contribution in [0.1, 0.15) is 71.1 Å². The lowest BCUT2D eigenvalue weighted by Crippen LogP contribution is -1.98. The van der Waals surface area contributed by atoms with E-state index >= 15 is 0 Å². The number of hydrogen-bond donors (Lipinski definition) is 0. The van der Waals surface area contributed by atoms with E-state index in [4.69, 9.17) is 0 Å². The molecule has 0 atom stereocenters. The minimum absolute atomic E-state index is 0.170. The number of carbonyl (C=O) groups excluding carboxylic acids is 1. The SMILES string of the molecule is C=COC(=O)CCCCCCC/C=C\C/C=C\C/C=C\CC. The smallest absolute Gasteiger partial charge is 0.310 e. The van der Waals surface area contributed by atoms with Gasteiger partial charge in [-0.05, 0) is 38.5 Å². The minimum atomic E-state index is -0.170. The highest BCUT2D eigenvalue weighted by Gasteiger charge is 1.99. The first-order chi connectivity index (χ1) is 10.8. The maximum Gasteiger partial charge on any atom is 0.310 e. The van der Waals surface area contributed by atoms with E-state index in [1.807, 2.05) is 0 Å². The Morgan fingerprint density at radius 1 is 0.864 bits per heavy atom. The minimum Gasteiger partial charge on any atom is -0.435 e. The number of ether oxygens (including phenoxy) is 1. The zero-order valence-corrected chi connectivity index (χ0v) is 14.1. The Morgan fingerprint density at radius 2 is 1.45 bits per heavy atom. The van der Waals surface area contributed by atoms with Crippen molar-refractivity contribution in [3.05, 3.63) is 49.3 Å². The normalized spacial score (nSPS) is 11.7. The molecular formula is C20H32O2. The van der Waals surface area contributed by atoms with Crippen LogP contribution in [0.15, 0.2) is 49.3 Å². The molecule has 0 aliphatic carbocycles. The Labute approximate surface area is 136 Å². The Bertz CT molecular complexity index is 351. The van der Waals surface area contributed by atoms with Gasteiger partial charge in [0.05, 0.1) is 6.26 Å². The van der Waals surface area contributed by atoms with Crippen LogP contribution in [0.5, 0.6) is 0 Å². The fourth-order valence-electron chi connectivity index (χ4n) is 2.04. The molecule has 0 aromatic heterocycles. The maximum atomic E-state index is 11.1. The molecular weight excluding hydrogens is 272 g/mol. The number of unbranched alkanes of at least 4 members (excludes halogenated alkanes) is 5. The van der Waals surface area contributed by atoms with Crippen molar-refractivity contribution in [2.45, 2.75) is 71.1 Å². The summed E-state index contributed by atoms with van der Waals surface area (Å²) in [6.07, 6.45) is 25.1. The molecule has 0 fully saturated rings. The van der Waals surface area contributed by atoms with Crippen molar-refractivity contribution in [3.8, 4) is 0 Å². The molecule has 0 saturated carbocycles. The van der Waals surface area contributed by atoms with E-state index in [9.17, 15) is 4.79 Å². The van der Waals surface area contributed by atoms with Crippen LogP contribution >= 0.6 is 0 Å². The summed E-state index contributed by atoms with van der Waals surface area (Å²) in [4.78, 5) is 11.1. The molecule has 0 bridgehead atoms. The summed E-state index contributed by atoms with van der Waals surface area (Å²) in [7, 11) is 0. The van der Waals surface area contributed by atoms with Gasteiger partial charge in [-0.25, -0.2) is 0 Å². The standard InChI is InChI=1S/C20H32O2/c1-3-5-6-7-8-9-10-11-12-13-14-15-16-17-18-19-20(21)22-4-2/h4-6,8-9,11-12H,2-3,7,10,13-19H2,1H3/b6-5-,9-8-,12-11-. The Kier molecular flexibility index (Phi) is 16.2. The molecule has 0 saturated heterocycles. The second-order valence-electron chi connectivity index (χ2n) is 5.26. The van der Waals surface area contributed by atoms with Crippen molar-refractivity contribution >= 4 is 5.97 Å². The zero-order chi connectivity index (χ0) is 16.3. The third-order valence-corrected chi connectivity index (χ3v) is 3.25. The molecule has 2 heteroatoms. The van der Waals surface area contributed by atoms with E-state index in [-0.39, 0.29) is 5.97 Å². The Balaban J connectivity index is 3.28. The van der Waals surface area contributed by atoms with Gasteiger partial charge < -0.3 is 4.74 Å². The summed E-state index contributed by atoms with van der Waals surface area (Å²) in [5, 5.41) is 0. The number of carbonyl (C=O) groups is 1. The van der Waals surface area contributed by atoms with E-state index in [1.54, 1.807) is 0 Å². The fraction of sp³-hybridized carbons (Fsp3) is 0.550. The van der Waals surface area contributed by atoms with Gasteiger partial charge in [0, 0.05) is 6.42 Å². The van der Waals surface area contributed by atoms with Crippen LogP contribution in [0, 0.1) is 0 Å². The number of allylic oxidation sites excluding steroid dienone is 6. The Morgan fingerprint density at radius 3 is 2.14 bits per heavy atom. The molecule has 0 aromatic carbocycles. The molecule has 124 valence electrons. The lowest BCUT2D eigenvalue weighted by atomic mass is 10.1. The average Bonchev–Trinajstić information content (AvgIpc) is 2.51. The van der Waals surface area contributed by atoms with Gasteiger partial charge in [-0.1, -0.05) is 69.2 Å². The summed E-state index contributed by atoms with van der Waals surface area (Å²) >= 11 is 0. The first-order valence-electron chi connectivity index (χ1n) is 8.56. The first-order valence-corrected chi connectivity index (χ1v) is 8.56. The molecule has 0 radical (unpaired) electrons. The maximum absolute atomic E-state index is 11.1. The molecule has 22 heavy (non-hydrogen) atoms. The Hall–Kier alpha value is -1.57. The van der Waals surface area contributed by atoms with Gasteiger partial charge in [-0.2, -0.15) is 0 Å². The number of rotatable bonds is 14. The lowest BCUT2D eigenvalue weighted by molar-refractivity contribution is -0.138. The van der Waals surface area contributed by atoms with Crippen LogP contribution in [0.3, 0.4) is 0 Å². The van der Waals surface area contributed by atoms with Crippen LogP contribution in [0.2, 0.25) is 0 Å². The van der Waals surface area contributed by atoms with Crippen molar-refractivity contribution in [3.63, 3.8) is 0 Å². The number of hydrogen-bond acceptors (Lipinski definition) is 2. The molecule has 0 spiro atoms. The highest BCUT2D eigenvalue weighted by Crippen LogP contribution is 2.08. The average molecular weight is 304 g/mol. The second-order valence-corrected chi connectivity index (χ2v) is 5.26. The molecule has 0 N–H and O–H groups in total. The van der Waals surface area contributed by atoms with Gasteiger partial charge in [0.25, 0.3) is 0 Å². The molecule has 0 rings (SSSR count). The fourth-order valence-corrected chi connectivity index (χ4v) is 2.04. The molecule has 0 aliphatic heterocycles. The molecule has 0 amide bonds. The van der Waals surface area contributed by atoms with Crippen molar-refractivity contribution in [1.82, 2.24) is 0 Å². The topological polar surface area (TPSA) is 26.3 Å². The van der Waals surface area contributed by atoms with E-state index in [2.05, 4.69) is 54.7 Å². The third-order valence-electron chi connectivity index (χ3n) is 3.25. The zero-order valence-electron chi connectivity index (χ0n) is 14.1. The summed E-state index contributed by atoms with van der Waals surface area (Å²) in [6.45, 7) is 5.52. The highest BCUT2D eigenvalue weighted by atomic mass is 16.5. The highest BCUT2D eigenvalue weighted by molar-refractivity contribution is 5.69. The molecule has 0 aliphatic rings. The van der Waals surface area contributed by atoms with Gasteiger partial charge in [-0.3, -0.25) is 4.79 Å². The van der Waals surface area contributed by atoms with E-state index < -0.39 is 0 Å². The molecule has 0 aromatic rings. The van der Waals surface area contributed by atoms with Crippen LogP contribution in [0.25, 0.3) is 0 Å². The summed E-state index contributed by atoms with van der Waals surface area (Å²) < 4.78 is 4.67. The predicted molar refractivity (Wildman–Crippen MR) is 95.6 cm³/mol. The molecule has 0 heterocycles. The molecule has 0 unspecified atom stereocenters. The van der Waals surface area contributed by atoms with Crippen molar-refractivity contribution in [2.24, 2.45) is 0 Å². The first kappa shape index (κ1) is 20.4. The van der Waals surface area contributed by atoms with Crippen molar-refractivity contribution in [2.75, 3.05) is 0 Å². The van der Waals surface area contributed by atoms with Gasteiger partial charge in [0.15, 0.2) is 0 Å². The predicted octanol–water partition coefficient (Wildman–Crippen LogP) is 6.26. The van der Waals surface area contributed by atoms with Crippen molar-refractivity contribution in [1.29, 1.82) is 0 Å². The van der Waals surface area contributed by atoms with E-state index in [1.165, 1.54) is 25.5 Å². The summed E-state index contributed by atoms with van der Waals surface area (Å²) in [5.74, 6) is -0.170. The monoisotopic (exact) mass is 304 g/mol. The number of esters is 1. The van der Waals surface area contributed by atoms with Crippen LogP contribution in [-0.4, -0.2) is 5.97 Å². The van der Waals surface area contributed by atoms with Gasteiger partial charge in [0.1, 0.15) is 0 Å². The quantitative estimate of drug-likeness (QED) is 0.164. The van der Waals surface area contributed by atoms with Crippen LogP contribution in [0.4, 0.5) is 0 Å². The van der Waals surface area contributed by atoms with E-state index in [0.717, 1.165) is 38.5 Å². The second kappa shape index (κ2) is 17.5. The molecule has 2 nitrogen and oxygen atoms in total. The summed E-state index contributed by atoms with van der Waals surface area (Å²) in [5.41, 5.74) is 0. The largest absolute Gasteiger partial charge is 0.435 e. The van der Waals surface area contributed by atoms with Crippen LogP contribution < -0.4 is 0 Å².